The first-order chi connectivity index (χ1) is 11.0. The van der Waals surface area contributed by atoms with Crippen LogP contribution in [0.15, 0.2) is 24.3 Å². The van der Waals surface area contributed by atoms with Gasteiger partial charge in [0.05, 0.1) is 7.11 Å². The normalized spacial score (nSPS) is 22.7. The van der Waals surface area contributed by atoms with Gasteiger partial charge in [-0.05, 0) is 44.5 Å². The zero-order chi connectivity index (χ0) is 16.8. The van der Waals surface area contributed by atoms with Gasteiger partial charge < -0.3 is 15.0 Å². The lowest BCUT2D eigenvalue weighted by atomic mass is 9.89. The lowest BCUT2D eigenvalue weighted by Crippen LogP contribution is -2.51. The van der Waals surface area contributed by atoms with Crippen molar-refractivity contribution in [3.05, 3.63) is 29.8 Å². The number of methoxy groups -OCH3 is 1. The van der Waals surface area contributed by atoms with Gasteiger partial charge in [0.1, 0.15) is 5.75 Å². The van der Waals surface area contributed by atoms with Crippen LogP contribution in [0.5, 0.6) is 5.75 Å². The fourth-order valence-corrected chi connectivity index (χ4v) is 3.63. The lowest BCUT2D eigenvalue weighted by molar-refractivity contribution is -0.122. The molecule has 2 rings (SSSR count). The first-order valence-electron chi connectivity index (χ1n) is 8.61. The second-order valence-electron chi connectivity index (χ2n) is 6.84. The number of amides is 1. The average molecular weight is 318 g/mol. The third-order valence-corrected chi connectivity index (χ3v) is 4.90. The van der Waals surface area contributed by atoms with Crippen LogP contribution in [0.2, 0.25) is 0 Å². The highest BCUT2D eigenvalue weighted by Crippen LogP contribution is 2.28. The quantitative estimate of drug-likeness (QED) is 0.876. The summed E-state index contributed by atoms with van der Waals surface area (Å²) in [6.07, 6.45) is 5.21. The Kier molecular flexibility index (Phi) is 6.46. The van der Waals surface area contributed by atoms with Crippen LogP contribution >= 0.6 is 0 Å². The third-order valence-electron chi connectivity index (χ3n) is 4.90. The van der Waals surface area contributed by atoms with Crippen molar-refractivity contribution in [3.63, 3.8) is 0 Å². The van der Waals surface area contributed by atoms with Crippen molar-refractivity contribution in [1.82, 2.24) is 10.2 Å². The van der Waals surface area contributed by atoms with E-state index in [9.17, 15) is 4.79 Å². The van der Waals surface area contributed by atoms with Crippen molar-refractivity contribution in [2.45, 2.75) is 57.0 Å². The molecule has 1 aliphatic rings. The van der Waals surface area contributed by atoms with Crippen LogP contribution in [0.1, 0.15) is 50.5 Å². The molecule has 23 heavy (non-hydrogen) atoms. The number of rotatable bonds is 6. The Hall–Kier alpha value is -1.55. The van der Waals surface area contributed by atoms with Gasteiger partial charge in [-0.15, -0.1) is 0 Å². The van der Waals surface area contributed by atoms with E-state index in [2.05, 4.69) is 31.2 Å². The molecular formula is C19H30N2O2. The number of carbonyl (C=O) groups excluding carboxylic acids is 1. The molecule has 0 unspecified atom stereocenters. The SMILES string of the molecule is COc1ccccc1[C@H](C)CC(=O)N[C@@H]1CCCC[C@H]1N(C)C. The Morgan fingerprint density at radius 1 is 1.30 bits per heavy atom. The van der Waals surface area contributed by atoms with E-state index in [0.717, 1.165) is 17.7 Å². The number of hydrogen-bond acceptors (Lipinski definition) is 3. The minimum atomic E-state index is 0.141. The number of likely N-dealkylation sites (N-methyl/N-ethyl adjacent to an activating group) is 1. The molecule has 1 N–H and O–H groups in total. The molecular weight excluding hydrogens is 288 g/mol. The summed E-state index contributed by atoms with van der Waals surface area (Å²) >= 11 is 0. The van der Waals surface area contributed by atoms with Crippen LogP contribution in [-0.4, -0.2) is 44.1 Å². The van der Waals surface area contributed by atoms with Gasteiger partial charge in [0, 0.05) is 18.5 Å². The Morgan fingerprint density at radius 2 is 2.00 bits per heavy atom. The predicted octanol–water partition coefficient (Wildman–Crippen LogP) is 3.18. The Balaban J connectivity index is 1.95. The molecule has 0 saturated heterocycles. The maximum absolute atomic E-state index is 12.5. The molecule has 0 aliphatic heterocycles. The summed E-state index contributed by atoms with van der Waals surface area (Å²) in [5, 5.41) is 3.27. The van der Waals surface area contributed by atoms with E-state index in [1.807, 2.05) is 24.3 Å². The Labute approximate surface area is 140 Å². The van der Waals surface area contributed by atoms with Crippen molar-refractivity contribution >= 4 is 5.91 Å². The molecule has 1 fully saturated rings. The number of para-hydroxylation sites is 1. The highest BCUT2D eigenvalue weighted by molar-refractivity contribution is 5.77. The van der Waals surface area contributed by atoms with Gasteiger partial charge in [-0.1, -0.05) is 38.0 Å². The number of hydrogen-bond donors (Lipinski definition) is 1. The van der Waals surface area contributed by atoms with Crippen LogP contribution in [0, 0.1) is 0 Å². The zero-order valence-electron chi connectivity index (χ0n) is 14.8. The molecule has 0 spiro atoms. The number of carbonyl (C=O) groups is 1. The monoisotopic (exact) mass is 318 g/mol. The Morgan fingerprint density at radius 3 is 2.70 bits per heavy atom. The van der Waals surface area contributed by atoms with Gasteiger partial charge in [0.2, 0.25) is 5.91 Å². The van der Waals surface area contributed by atoms with Crippen LogP contribution in [0.4, 0.5) is 0 Å². The summed E-state index contributed by atoms with van der Waals surface area (Å²) in [7, 11) is 5.88. The number of benzene rings is 1. The lowest BCUT2D eigenvalue weighted by Gasteiger charge is -2.36. The molecule has 0 heterocycles. The van der Waals surface area contributed by atoms with E-state index >= 15 is 0 Å². The first kappa shape index (κ1) is 17.8. The maximum atomic E-state index is 12.5. The van der Waals surface area contributed by atoms with E-state index in [1.165, 1.54) is 19.3 Å². The number of ether oxygens (including phenoxy) is 1. The third kappa shape index (κ3) is 4.71. The van der Waals surface area contributed by atoms with E-state index in [0.29, 0.717) is 12.5 Å². The molecule has 0 aromatic heterocycles. The largest absolute Gasteiger partial charge is 0.496 e. The Bertz CT molecular complexity index is 516. The highest BCUT2D eigenvalue weighted by atomic mass is 16.5. The summed E-state index contributed by atoms with van der Waals surface area (Å²) in [4.78, 5) is 14.7. The van der Waals surface area contributed by atoms with Gasteiger partial charge >= 0.3 is 0 Å². The number of nitrogens with zero attached hydrogens (tertiary/aromatic N) is 1. The molecule has 1 aromatic carbocycles. The topological polar surface area (TPSA) is 41.6 Å². The highest BCUT2D eigenvalue weighted by Gasteiger charge is 2.28. The fourth-order valence-electron chi connectivity index (χ4n) is 3.63. The molecule has 0 bridgehead atoms. The predicted molar refractivity (Wildman–Crippen MR) is 93.9 cm³/mol. The summed E-state index contributed by atoms with van der Waals surface area (Å²) in [5.41, 5.74) is 1.10. The molecule has 1 amide bonds. The average Bonchev–Trinajstić information content (AvgIpc) is 2.54. The summed E-state index contributed by atoms with van der Waals surface area (Å²) in [6, 6.07) is 8.67. The second-order valence-corrected chi connectivity index (χ2v) is 6.84. The minimum absolute atomic E-state index is 0.141. The fraction of sp³-hybridized carbons (Fsp3) is 0.632. The molecule has 128 valence electrons. The van der Waals surface area contributed by atoms with Crippen LogP contribution in [0.3, 0.4) is 0 Å². The first-order valence-corrected chi connectivity index (χ1v) is 8.61. The number of nitrogens with one attached hydrogen (secondary N) is 1. The maximum Gasteiger partial charge on any atom is 0.220 e. The van der Waals surface area contributed by atoms with Crippen LogP contribution < -0.4 is 10.1 Å². The van der Waals surface area contributed by atoms with Crippen molar-refractivity contribution in [2.75, 3.05) is 21.2 Å². The van der Waals surface area contributed by atoms with E-state index < -0.39 is 0 Å². The van der Waals surface area contributed by atoms with Crippen LogP contribution in [-0.2, 0) is 4.79 Å². The molecule has 1 aliphatic carbocycles. The molecule has 0 radical (unpaired) electrons. The molecule has 3 atom stereocenters. The minimum Gasteiger partial charge on any atom is -0.496 e. The van der Waals surface area contributed by atoms with Gasteiger partial charge in [0.25, 0.3) is 0 Å². The van der Waals surface area contributed by atoms with E-state index in [-0.39, 0.29) is 17.9 Å². The van der Waals surface area contributed by atoms with Crippen molar-refractivity contribution in [2.24, 2.45) is 0 Å². The van der Waals surface area contributed by atoms with Crippen molar-refractivity contribution in [3.8, 4) is 5.75 Å². The molecule has 4 heteroatoms. The summed E-state index contributed by atoms with van der Waals surface area (Å²) in [5.74, 6) is 1.14. The van der Waals surface area contributed by atoms with Crippen molar-refractivity contribution in [1.29, 1.82) is 0 Å². The summed E-state index contributed by atoms with van der Waals surface area (Å²) < 4.78 is 5.41. The molecule has 1 aromatic rings. The second kappa shape index (κ2) is 8.34. The van der Waals surface area contributed by atoms with Gasteiger partial charge in [-0.25, -0.2) is 0 Å². The van der Waals surface area contributed by atoms with Gasteiger partial charge in [0.15, 0.2) is 0 Å². The molecule has 1 saturated carbocycles. The zero-order valence-corrected chi connectivity index (χ0v) is 14.8. The standard InChI is InChI=1S/C19H30N2O2/c1-14(15-9-5-8-12-18(15)23-4)13-19(22)20-16-10-6-7-11-17(16)21(2)3/h5,8-9,12,14,16-17H,6-7,10-11,13H2,1-4H3,(H,20,22)/t14-,16-,17-/m1/s1. The van der Waals surface area contributed by atoms with Crippen molar-refractivity contribution < 1.29 is 9.53 Å². The van der Waals surface area contributed by atoms with Gasteiger partial charge in [-0.2, -0.15) is 0 Å². The van der Waals surface area contributed by atoms with Crippen LogP contribution in [0.25, 0.3) is 0 Å². The smallest absolute Gasteiger partial charge is 0.220 e. The molecule has 4 nitrogen and oxygen atoms in total. The van der Waals surface area contributed by atoms with E-state index in [1.54, 1.807) is 7.11 Å². The van der Waals surface area contributed by atoms with Gasteiger partial charge in [-0.3, -0.25) is 4.79 Å². The van der Waals surface area contributed by atoms with E-state index in [4.69, 9.17) is 4.74 Å². The summed E-state index contributed by atoms with van der Waals surface area (Å²) in [6.45, 7) is 2.09.